The molecule has 0 amide bonds. The number of para-hydroxylation sites is 2. The van der Waals surface area contributed by atoms with Gasteiger partial charge in [-0.3, -0.25) is 34.9 Å². The number of nitrogens with zero attached hydrogens (tertiary/aromatic N) is 7. The molecule has 7 heterocycles. The summed E-state index contributed by atoms with van der Waals surface area (Å²) in [6.45, 7) is 44.2. The molecule has 0 saturated heterocycles. The summed E-state index contributed by atoms with van der Waals surface area (Å²) >= 11 is 0. The van der Waals surface area contributed by atoms with E-state index in [0.29, 0.717) is 0 Å². The Bertz CT molecular complexity index is 4800. The fourth-order valence-electron chi connectivity index (χ4n) is 10.9. The molecule has 14 rings (SSSR count). The normalized spacial score (nSPS) is 10.7. The van der Waals surface area contributed by atoms with Crippen molar-refractivity contribution in [1.82, 2.24) is 34.9 Å². The first-order chi connectivity index (χ1) is 43.3. The molecular formula is C84H91N7. The van der Waals surface area contributed by atoms with Crippen molar-refractivity contribution in [3.8, 4) is 0 Å². The summed E-state index contributed by atoms with van der Waals surface area (Å²) in [4.78, 5) is 31.4. The van der Waals surface area contributed by atoms with Crippen molar-refractivity contribution in [2.24, 2.45) is 0 Å². The van der Waals surface area contributed by atoms with Gasteiger partial charge in [0.1, 0.15) is 0 Å². The lowest BCUT2D eigenvalue weighted by Gasteiger charge is -2.07. The van der Waals surface area contributed by atoms with Crippen LogP contribution in [-0.2, 0) is 0 Å². The Morgan fingerprint density at radius 3 is 1.36 bits per heavy atom. The quantitative estimate of drug-likeness (QED) is 0.149. The number of aromatic nitrogens is 7. The molecular weight excluding hydrogens is 1110 g/mol. The fourth-order valence-corrected chi connectivity index (χ4v) is 10.9. The van der Waals surface area contributed by atoms with E-state index in [1.54, 1.807) is 0 Å². The minimum absolute atomic E-state index is 1.09. The number of fused-ring (bicyclic) bond motifs is 7. The number of aryl methyl sites for hydroxylation is 20. The predicted octanol–water partition coefficient (Wildman–Crippen LogP) is 22.1. The molecule has 7 aromatic heterocycles. The zero-order valence-electron chi connectivity index (χ0n) is 57.8. The Kier molecular flexibility index (Phi) is 22.1. The number of hydrogen-bond acceptors (Lipinski definition) is 7. The number of benzene rings is 7. The van der Waals surface area contributed by atoms with E-state index >= 15 is 0 Å². The van der Waals surface area contributed by atoms with Crippen LogP contribution in [-0.4, -0.2) is 34.9 Å². The Morgan fingerprint density at radius 2 is 0.681 bits per heavy atom. The van der Waals surface area contributed by atoms with E-state index in [0.717, 1.165) is 61.4 Å². The highest BCUT2D eigenvalue weighted by Crippen LogP contribution is 2.26. The highest BCUT2D eigenvalue weighted by molar-refractivity contribution is 5.88. The number of pyridine rings is 7. The molecule has 0 aliphatic carbocycles. The van der Waals surface area contributed by atoms with Crippen LogP contribution in [0, 0.1) is 145 Å². The number of hydrogen-bond donors (Lipinski definition) is 0. The lowest BCUT2D eigenvalue weighted by molar-refractivity contribution is 1.17. The van der Waals surface area contributed by atoms with Crippen LogP contribution in [0.1, 0.15) is 117 Å². The molecule has 0 radical (unpaired) electrons. The van der Waals surface area contributed by atoms with Crippen molar-refractivity contribution in [2.45, 2.75) is 145 Å². The van der Waals surface area contributed by atoms with E-state index in [2.05, 4.69) is 326 Å². The molecule has 7 heteroatoms. The van der Waals surface area contributed by atoms with Crippen LogP contribution in [0.2, 0.25) is 0 Å². The van der Waals surface area contributed by atoms with Gasteiger partial charge in [0.2, 0.25) is 0 Å². The second-order valence-electron chi connectivity index (χ2n) is 24.9. The summed E-state index contributed by atoms with van der Waals surface area (Å²) in [6.07, 6.45) is 5.82. The minimum Gasteiger partial charge on any atom is -0.256 e. The van der Waals surface area contributed by atoms with Gasteiger partial charge < -0.3 is 0 Å². The van der Waals surface area contributed by atoms with Gasteiger partial charge in [-0.2, -0.15) is 0 Å². The highest BCUT2D eigenvalue weighted by atomic mass is 14.7. The standard InChI is InChI=1S/7C12H13N/c1-8-4-5-12-11(6-8)10(3)9(2)7-13-12;1-8-4-5-12-11(6-8)7-9(2)10(3)13-12;1-8-4-5-11-10(3)9(2)7-13-12(11)6-8;1-8-4-5-11-7-9(2)10(3)13-12(11)6-8;1-8-5-4-6-11-12(8)10(3)9(2)7-13-11;1-8-5-4-6-11-7-9(2)10(3)13-12(8)11;1-8-9(2)11-6-4-5-7-12(11)13-10(8)3/h7*4-7H,1-3H3. The van der Waals surface area contributed by atoms with Crippen molar-refractivity contribution in [3.63, 3.8) is 0 Å². The van der Waals surface area contributed by atoms with Gasteiger partial charge in [0.15, 0.2) is 0 Å². The zero-order chi connectivity index (χ0) is 66.0. The van der Waals surface area contributed by atoms with Crippen LogP contribution >= 0.6 is 0 Å². The first-order valence-electron chi connectivity index (χ1n) is 31.6. The van der Waals surface area contributed by atoms with E-state index in [9.17, 15) is 0 Å². The molecule has 0 aliphatic heterocycles. The van der Waals surface area contributed by atoms with E-state index in [1.165, 1.54) is 132 Å². The Balaban J connectivity index is 0.000000137. The molecule has 7 nitrogen and oxygen atoms in total. The summed E-state index contributed by atoms with van der Waals surface area (Å²) in [6, 6.07) is 53.0. The first-order valence-corrected chi connectivity index (χ1v) is 31.6. The van der Waals surface area contributed by atoms with Crippen LogP contribution in [0.3, 0.4) is 0 Å². The molecule has 0 saturated carbocycles. The van der Waals surface area contributed by atoms with Crippen LogP contribution < -0.4 is 0 Å². The summed E-state index contributed by atoms with van der Waals surface area (Å²) in [7, 11) is 0. The van der Waals surface area contributed by atoms with Gasteiger partial charge in [0.25, 0.3) is 0 Å². The monoisotopic (exact) mass is 1200 g/mol. The molecule has 0 N–H and O–H groups in total. The smallest absolute Gasteiger partial charge is 0.0734 e. The van der Waals surface area contributed by atoms with Crippen LogP contribution in [0.15, 0.2) is 170 Å². The molecule has 7 aromatic carbocycles. The molecule has 0 fully saturated rings. The first kappa shape index (κ1) is 67.3. The van der Waals surface area contributed by atoms with Crippen LogP contribution in [0.4, 0.5) is 0 Å². The van der Waals surface area contributed by atoms with Crippen LogP contribution in [0.25, 0.3) is 76.3 Å². The van der Waals surface area contributed by atoms with E-state index in [4.69, 9.17) is 0 Å². The lowest BCUT2D eigenvalue weighted by Crippen LogP contribution is -1.92. The summed E-state index contributed by atoms with van der Waals surface area (Å²) in [5, 5.41) is 8.83. The molecule has 0 atom stereocenters. The number of rotatable bonds is 0. The van der Waals surface area contributed by atoms with Gasteiger partial charge in [-0.25, -0.2) is 0 Å². The van der Waals surface area contributed by atoms with Gasteiger partial charge in [-0.1, -0.05) is 96.1 Å². The average Bonchev–Trinajstić information content (AvgIpc) is 1.42. The second-order valence-corrected chi connectivity index (χ2v) is 24.9. The second kappa shape index (κ2) is 29.8. The van der Waals surface area contributed by atoms with Crippen molar-refractivity contribution in [1.29, 1.82) is 0 Å². The van der Waals surface area contributed by atoms with Gasteiger partial charge in [-0.15, -0.1) is 0 Å². The molecule has 0 aliphatic rings. The largest absolute Gasteiger partial charge is 0.256 e. The van der Waals surface area contributed by atoms with E-state index < -0.39 is 0 Å². The molecule has 14 aromatic rings. The van der Waals surface area contributed by atoms with Gasteiger partial charge in [-0.05, 0) is 296 Å². The third-order valence-electron chi connectivity index (χ3n) is 17.7. The molecule has 462 valence electrons. The molecule has 0 unspecified atom stereocenters. The maximum Gasteiger partial charge on any atom is 0.0734 e. The fraction of sp³-hybridized carbons (Fsp3) is 0.250. The van der Waals surface area contributed by atoms with E-state index in [1.807, 2.05) is 24.7 Å². The van der Waals surface area contributed by atoms with Crippen molar-refractivity contribution in [2.75, 3.05) is 0 Å². The topological polar surface area (TPSA) is 90.2 Å². The highest BCUT2D eigenvalue weighted by Gasteiger charge is 2.08. The van der Waals surface area contributed by atoms with E-state index in [-0.39, 0.29) is 0 Å². The van der Waals surface area contributed by atoms with Gasteiger partial charge in [0.05, 0.1) is 38.6 Å². The predicted molar refractivity (Wildman–Crippen MR) is 392 cm³/mol. The molecule has 0 spiro atoms. The maximum atomic E-state index is 4.57. The Hall–Kier alpha value is -9.59. The maximum absolute atomic E-state index is 4.57. The third kappa shape index (κ3) is 16.6. The Morgan fingerprint density at radius 1 is 0.220 bits per heavy atom. The van der Waals surface area contributed by atoms with Crippen molar-refractivity contribution < 1.29 is 0 Å². The summed E-state index contributed by atoms with van der Waals surface area (Å²) < 4.78 is 0. The van der Waals surface area contributed by atoms with Crippen LogP contribution in [0.5, 0.6) is 0 Å². The average molecular weight is 1200 g/mol. The van der Waals surface area contributed by atoms with Crippen molar-refractivity contribution in [3.05, 3.63) is 288 Å². The van der Waals surface area contributed by atoms with Gasteiger partial charge >= 0.3 is 0 Å². The molecule has 91 heavy (non-hydrogen) atoms. The van der Waals surface area contributed by atoms with Gasteiger partial charge in [0, 0.05) is 79.1 Å². The molecule has 0 bridgehead atoms. The SMILES string of the molecule is Cc1cc2cccc(C)c2nc1C.Cc1ccc2c(C)c(C)cnc2c1.Cc1ccc2cc(C)c(C)nc2c1.Cc1ccc2nc(C)c(C)cc2c1.Cc1ccc2ncc(C)c(C)c2c1.Cc1cnc2cccc(C)c2c1C.Cc1nc2ccccc2c(C)c1C. The minimum atomic E-state index is 1.09. The summed E-state index contributed by atoms with van der Waals surface area (Å²) in [5.41, 5.74) is 34.2. The third-order valence-corrected chi connectivity index (χ3v) is 17.7. The summed E-state index contributed by atoms with van der Waals surface area (Å²) in [5.74, 6) is 0. The lowest BCUT2D eigenvalue weighted by atomic mass is 10.0. The van der Waals surface area contributed by atoms with Crippen molar-refractivity contribution >= 4 is 76.3 Å². The Labute approximate surface area is 541 Å². The zero-order valence-corrected chi connectivity index (χ0v) is 57.8.